The second kappa shape index (κ2) is 11.2. The van der Waals surface area contributed by atoms with Crippen LogP contribution in [0.2, 0.25) is 0 Å². The molecular formula is C18H24F3IN4O3. The monoisotopic (exact) mass is 528 g/mol. The van der Waals surface area contributed by atoms with Gasteiger partial charge in [-0.05, 0) is 32.0 Å². The molecule has 2 rings (SSSR count). The highest BCUT2D eigenvalue weighted by Crippen LogP contribution is 2.29. The predicted molar refractivity (Wildman–Crippen MR) is 112 cm³/mol. The lowest BCUT2D eigenvalue weighted by atomic mass is 10.0. The molecule has 11 heteroatoms. The summed E-state index contributed by atoms with van der Waals surface area (Å²) in [4.78, 5) is 7.95. The van der Waals surface area contributed by atoms with Crippen LogP contribution in [0, 0.1) is 0 Å². The maximum Gasteiger partial charge on any atom is 0.417 e. The summed E-state index contributed by atoms with van der Waals surface area (Å²) >= 11 is 0. The van der Waals surface area contributed by atoms with Crippen molar-refractivity contribution in [1.29, 1.82) is 0 Å². The van der Waals surface area contributed by atoms with Crippen molar-refractivity contribution in [3.8, 4) is 5.88 Å². The molecule has 0 amide bonds. The highest BCUT2D eigenvalue weighted by atomic mass is 127. The molecule has 7 nitrogen and oxygen atoms in total. The Morgan fingerprint density at radius 1 is 1.28 bits per heavy atom. The molecule has 0 saturated heterocycles. The molecule has 2 heterocycles. The first kappa shape index (κ1) is 25.0. The highest BCUT2D eigenvalue weighted by molar-refractivity contribution is 14.0. The maximum atomic E-state index is 12.5. The van der Waals surface area contributed by atoms with E-state index in [9.17, 15) is 18.3 Å². The number of aromatic nitrogens is 1. The molecule has 1 atom stereocenters. The quantitative estimate of drug-likeness (QED) is 0.211. The number of aliphatic hydroxyl groups is 1. The molecule has 0 saturated carbocycles. The second-order valence-electron chi connectivity index (χ2n) is 6.10. The molecule has 0 bridgehead atoms. The Labute approximate surface area is 183 Å². The Bertz CT molecular complexity index is 751. The lowest BCUT2D eigenvalue weighted by Crippen LogP contribution is -2.40. The number of hydrogen-bond acceptors (Lipinski definition) is 5. The largest absolute Gasteiger partial charge is 0.476 e. The van der Waals surface area contributed by atoms with E-state index in [1.54, 1.807) is 19.1 Å². The topological polar surface area (TPSA) is 91.9 Å². The van der Waals surface area contributed by atoms with Crippen LogP contribution in [0.3, 0.4) is 0 Å². The molecule has 0 radical (unpaired) electrons. The first-order valence-corrected chi connectivity index (χ1v) is 8.67. The summed E-state index contributed by atoms with van der Waals surface area (Å²) in [6, 6.07) is 5.44. The van der Waals surface area contributed by atoms with Crippen LogP contribution in [0.15, 0.2) is 46.1 Å². The van der Waals surface area contributed by atoms with Crippen LogP contribution < -0.4 is 15.4 Å². The van der Waals surface area contributed by atoms with E-state index in [1.807, 2.05) is 6.92 Å². The minimum atomic E-state index is -4.43. The fourth-order valence-corrected chi connectivity index (χ4v) is 2.20. The summed E-state index contributed by atoms with van der Waals surface area (Å²) in [7, 11) is 0. The van der Waals surface area contributed by atoms with E-state index < -0.39 is 17.3 Å². The van der Waals surface area contributed by atoms with Crippen LogP contribution in [-0.2, 0) is 11.8 Å². The number of furan rings is 1. The van der Waals surface area contributed by atoms with E-state index in [1.165, 1.54) is 12.3 Å². The van der Waals surface area contributed by atoms with Gasteiger partial charge in [0.15, 0.2) is 5.96 Å². The molecule has 3 N–H and O–H groups in total. The van der Waals surface area contributed by atoms with Gasteiger partial charge in [0.05, 0.1) is 24.9 Å². The zero-order valence-corrected chi connectivity index (χ0v) is 18.3. The average Bonchev–Trinajstić information content (AvgIpc) is 3.18. The molecule has 2 aromatic heterocycles. The third-order valence-electron chi connectivity index (χ3n) is 3.65. The van der Waals surface area contributed by atoms with Gasteiger partial charge in [0, 0.05) is 18.8 Å². The van der Waals surface area contributed by atoms with Crippen LogP contribution in [0.5, 0.6) is 5.88 Å². The lowest BCUT2D eigenvalue weighted by molar-refractivity contribution is -0.137. The smallest absolute Gasteiger partial charge is 0.417 e. The molecule has 0 aliphatic heterocycles. The number of pyridine rings is 1. The number of hydrogen-bond donors (Lipinski definition) is 3. The molecule has 29 heavy (non-hydrogen) atoms. The van der Waals surface area contributed by atoms with E-state index >= 15 is 0 Å². The summed E-state index contributed by atoms with van der Waals surface area (Å²) in [5.41, 5.74) is -2.09. The van der Waals surface area contributed by atoms with Crippen LogP contribution in [-0.4, -0.2) is 42.3 Å². The average molecular weight is 528 g/mol. The number of nitrogens with one attached hydrogen (secondary N) is 2. The van der Waals surface area contributed by atoms with Crippen molar-refractivity contribution in [3.05, 3.63) is 48.0 Å². The number of halogens is 4. The van der Waals surface area contributed by atoms with E-state index in [-0.39, 0.29) is 43.0 Å². The Morgan fingerprint density at radius 2 is 2.03 bits per heavy atom. The van der Waals surface area contributed by atoms with Gasteiger partial charge in [-0.1, -0.05) is 0 Å². The number of rotatable bonds is 8. The Hall–Kier alpha value is -2.02. The van der Waals surface area contributed by atoms with Gasteiger partial charge in [0.1, 0.15) is 18.0 Å². The lowest BCUT2D eigenvalue weighted by Gasteiger charge is -2.19. The first-order chi connectivity index (χ1) is 13.2. The minimum absolute atomic E-state index is 0. The molecule has 0 aliphatic rings. The molecule has 0 aromatic carbocycles. The van der Waals surface area contributed by atoms with Gasteiger partial charge < -0.3 is 24.9 Å². The fraction of sp³-hybridized carbons (Fsp3) is 0.444. The second-order valence-corrected chi connectivity index (χ2v) is 6.10. The van der Waals surface area contributed by atoms with Gasteiger partial charge in [-0.2, -0.15) is 13.2 Å². The zero-order valence-electron chi connectivity index (χ0n) is 16.0. The molecular weight excluding hydrogens is 504 g/mol. The van der Waals surface area contributed by atoms with Crippen molar-refractivity contribution in [1.82, 2.24) is 15.6 Å². The van der Waals surface area contributed by atoms with Crippen molar-refractivity contribution in [2.75, 3.05) is 26.2 Å². The Morgan fingerprint density at radius 3 is 2.59 bits per heavy atom. The van der Waals surface area contributed by atoms with E-state index in [0.29, 0.717) is 24.8 Å². The Kier molecular flexibility index (Phi) is 9.70. The van der Waals surface area contributed by atoms with Crippen molar-refractivity contribution in [2.24, 2.45) is 4.99 Å². The van der Waals surface area contributed by atoms with Crippen LogP contribution in [0.4, 0.5) is 13.2 Å². The molecule has 0 fully saturated rings. The Balaban J connectivity index is 0.00000420. The number of ether oxygens (including phenoxy) is 1. The summed E-state index contributed by atoms with van der Waals surface area (Å²) < 4.78 is 48.0. The summed E-state index contributed by atoms with van der Waals surface area (Å²) in [5, 5.41) is 16.5. The summed E-state index contributed by atoms with van der Waals surface area (Å²) in [6.07, 6.45) is -2.23. The molecule has 2 aromatic rings. The maximum absolute atomic E-state index is 12.5. The van der Waals surface area contributed by atoms with Crippen LogP contribution >= 0.6 is 24.0 Å². The standard InChI is InChI=1S/C18H23F3N4O3.HI/c1-3-22-16(25-12-17(2,26)14-5-4-9-27-14)23-8-10-28-15-7-6-13(11-24-15)18(19,20)21;/h4-7,9,11,26H,3,8,10,12H2,1-2H3,(H2,22,23,25);1H. The van der Waals surface area contributed by atoms with E-state index in [4.69, 9.17) is 9.15 Å². The van der Waals surface area contributed by atoms with E-state index in [0.717, 1.165) is 12.3 Å². The first-order valence-electron chi connectivity index (χ1n) is 8.67. The summed E-state index contributed by atoms with van der Waals surface area (Å²) in [5.74, 6) is 0.958. The number of guanidine groups is 1. The third-order valence-corrected chi connectivity index (χ3v) is 3.65. The predicted octanol–water partition coefficient (Wildman–Crippen LogP) is 3.15. The fourth-order valence-electron chi connectivity index (χ4n) is 2.20. The van der Waals surface area contributed by atoms with Gasteiger partial charge >= 0.3 is 6.18 Å². The molecule has 162 valence electrons. The number of aliphatic imine (C=N–C) groups is 1. The third kappa shape index (κ3) is 8.09. The van der Waals surface area contributed by atoms with Crippen molar-refractivity contribution >= 4 is 29.9 Å². The van der Waals surface area contributed by atoms with Crippen molar-refractivity contribution in [2.45, 2.75) is 25.6 Å². The normalized spacial score (nSPS) is 13.9. The van der Waals surface area contributed by atoms with Gasteiger partial charge in [0.2, 0.25) is 5.88 Å². The van der Waals surface area contributed by atoms with Gasteiger partial charge in [0.25, 0.3) is 0 Å². The van der Waals surface area contributed by atoms with Gasteiger partial charge in [-0.25, -0.2) is 9.98 Å². The highest BCUT2D eigenvalue weighted by Gasteiger charge is 2.30. The minimum Gasteiger partial charge on any atom is -0.476 e. The van der Waals surface area contributed by atoms with Crippen molar-refractivity contribution < 1.29 is 27.4 Å². The molecule has 1 unspecified atom stereocenters. The summed E-state index contributed by atoms with van der Waals surface area (Å²) in [6.45, 7) is 4.66. The number of nitrogens with zero attached hydrogens (tertiary/aromatic N) is 2. The molecule has 0 aliphatic carbocycles. The number of alkyl halides is 3. The SMILES string of the molecule is CCNC(=NCC(C)(O)c1ccco1)NCCOc1ccc(C(F)(F)F)cn1.I. The van der Waals surface area contributed by atoms with Crippen LogP contribution in [0.25, 0.3) is 0 Å². The van der Waals surface area contributed by atoms with Gasteiger partial charge in [-0.3, -0.25) is 0 Å². The van der Waals surface area contributed by atoms with Crippen LogP contribution in [0.1, 0.15) is 25.2 Å². The van der Waals surface area contributed by atoms with Crippen molar-refractivity contribution in [3.63, 3.8) is 0 Å². The molecule has 0 spiro atoms. The van der Waals surface area contributed by atoms with Gasteiger partial charge in [-0.15, -0.1) is 24.0 Å². The zero-order chi connectivity index (χ0) is 20.6. The van der Waals surface area contributed by atoms with E-state index in [2.05, 4.69) is 20.6 Å².